The molecule has 0 spiro atoms. The normalized spacial score (nSPS) is 10.9. The van der Waals surface area contributed by atoms with Gasteiger partial charge in [0.15, 0.2) is 0 Å². The van der Waals surface area contributed by atoms with E-state index in [1.54, 1.807) is 39.1 Å². The number of carbonyl (C=O) groups excluding carboxylic acids is 2. The Kier molecular flexibility index (Phi) is 4.72. The molecule has 0 saturated heterocycles. The maximum absolute atomic E-state index is 11.5. The highest BCUT2D eigenvalue weighted by Crippen LogP contribution is 2.21. The van der Waals surface area contributed by atoms with Crippen molar-refractivity contribution >= 4 is 29.1 Å². The van der Waals surface area contributed by atoms with Crippen LogP contribution in [0.2, 0.25) is 0 Å². The molecule has 1 rings (SSSR count). The quantitative estimate of drug-likeness (QED) is 0.857. The largest absolute Gasteiger partial charge is 0.462 e. The summed E-state index contributed by atoms with van der Waals surface area (Å²) < 4.78 is 9.95. The van der Waals surface area contributed by atoms with Gasteiger partial charge in [0, 0.05) is 5.38 Å². The minimum absolute atomic E-state index is 0.325. The van der Waals surface area contributed by atoms with Crippen molar-refractivity contribution < 1.29 is 19.1 Å². The summed E-state index contributed by atoms with van der Waals surface area (Å²) in [6.45, 7) is 7.41. The Morgan fingerprint density at radius 1 is 1.39 bits per heavy atom. The predicted octanol–water partition coefficient (Wildman–Crippen LogP) is 3.27. The van der Waals surface area contributed by atoms with Crippen LogP contribution < -0.4 is 5.32 Å². The minimum Gasteiger partial charge on any atom is -0.462 e. The predicted molar refractivity (Wildman–Crippen MR) is 70.1 cm³/mol. The van der Waals surface area contributed by atoms with Crippen molar-refractivity contribution in [3.63, 3.8) is 0 Å². The maximum Gasteiger partial charge on any atom is 0.412 e. The second kappa shape index (κ2) is 5.86. The molecule has 1 aromatic rings. The lowest BCUT2D eigenvalue weighted by molar-refractivity contribution is 0.0530. The highest BCUT2D eigenvalue weighted by Gasteiger charge is 2.17. The van der Waals surface area contributed by atoms with Crippen LogP contribution in [0, 0.1) is 0 Å². The van der Waals surface area contributed by atoms with E-state index in [-0.39, 0.29) is 5.97 Å². The van der Waals surface area contributed by atoms with Crippen LogP contribution >= 0.6 is 11.3 Å². The first-order chi connectivity index (χ1) is 8.31. The zero-order chi connectivity index (χ0) is 13.8. The van der Waals surface area contributed by atoms with Crippen LogP contribution in [-0.2, 0) is 9.47 Å². The first-order valence-corrected chi connectivity index (χ1v) is 6.45. The number of carbonyl (C=O) groups is 2. The minimum atomic E-state index is -0.552. The summed E-state index contributed by atoms with van der Waals surface area (Å²) in [4.78, 5) is 23.4. The van der Waals surface area contributed by atoms with Crippen molar-refractivity contribution in [2.24, 2.45) is 0 Å². The van der Waals surface area contributed by atoms with Gasteiger partial charge in [-0.3, -0.25) is 5.32 Å². The summed E-state index contributed by atoms with van der Waals surface area (Å²) in [5, 5.41) is 4.22. The van der Waals surface area contributed by atoms with Gasteiger partial charge in [0.25, 0.3) is 0 Å². The van der Waals surface area contributed by atoms with Crippen LogP contribution in [-0.4, -0.2) is 24.3 Å². The third kappa shape index (κ3) is 4.75. The number of amides is 1. The average Bonchev–Trinajstić information content (AvgIpc) is 2.63. The van der Waals surface area contributed by atoms with E-state index in [4.69, 9.17) is 9.47 Å². The van der Waals surface area contributed by atoms with Crippen LogP contribution in [0.3, 0.4) is 0 Å². The molecule has 1 aromatic heterocycles. The van der Waals surface area contributed by atoms with Gasteiger partial charge in [-0.15, -0.1) is 11.3 Å². The Morgan fingerprint density at radius 2 is 2.06 bits per heavy atom. The first-order valence-electron chi connectivity index (χ1n) is 5.57. The molecule has 0 atom stereocenters. The average molecular weight is 271 g/mol. The van der Waals surface area contributed by atoms with Crippen molar-refractivity contribution in [1.82, 2.24) is 0 Å². The summed E-state index contributed by atoms with van der Waals surface area (Å²) in [6, 6.07) is 1.56. The van der Waals surface area contributed by atoms with Crippen LogP contribution in [0.25, 0.3) is 0 Å². The summed E-state index contributed by atoms with van der Waals surface area (Å²) in [7, 11) is 0. The van der Waals surface area contributed by atoms with Crippen LogP contribution in [0.1, 0.15) is 37.4 Å². The Morgan fingerprint density at radius 3 is 2.61 bits per heavy atom. The molecule has 0 aliphatic rings. The van der Waals surface area contributed by atoms with Crippen LogP contribution in [0.15, 0.2) is 11.4 Å². The van der Waals surface area contributed by atoms with Gasteiger partial charge in [-0.1, -0.05) is 0 Å². The molecule has 0 fully saturated rings. The molecule has 100 valence electrons. The fourth-order valence-corrected chi connectivity index (χ4v) is 1.86. The Labute approximate surface area is 110 Å². The van der Waals surface area contributed by atoms with E-state index in [2.05, 4.69) is 5.32 Å². The maximum atomic E-state index is 11.5. The smallest absolute Gasteiger partial charge is 0.412 e. The monoisotopic (exact) mass is 271 g/mol. The lowest BCUT2D eigenvalue weighted by Gasteiger charge is -2.19. The second-order valence-electron chi connectivity index (χ2n) is 4.55. The Balaban J connectivity index is 2.59. The molecule has 0 aliphatic carbocycles. The molecule has 0 saturated carbocycles. The lowest BCUT2D eigenvalue weighted by Crippen LogP contribution is -2.27. The van der Waals surface area contributed by atoms with Crippen molar-refractivity contribution in [2.45, 2.75) is 33.3 Å². The Hall–Kier alpha value is -1.56. The summed E-state index contributed by atoms with van der Waals surface area (Å²) in [5.74, 6) is -0.389. The fraction of sp³-hybridized carbons (Fsp3) is 0.500. The van der Waals surface area contributed by atoms with Gasteiger partial charge in [-0.25, -0.2) is 9.59 Å². The number of esters is 1. The van der Waals surface area contributed by atoms with E-state index in [1.165, 1.54) is 11.3 Å². The number of thiophene rings is 1. The van der Waals surface area contributed by atoms with Crippen LogP contribution in [0.5, 0.6) is 0 Å². The van der Waals surface area contributed by atoms with Gasteiger partial charge >= 0.3 is 12.1 Å². The summed E-state index contributed by atoms with van der Waals surface area (Å²) >= 11 is 1.21. The van der Waals surface area contributed by atoms with E-state index < -0.39 is 11.7 Å². The summed E-state index contributed by atoms with van der Waals surface area (Å²) in [6.07, 6.45) is -0.546. The molecular formula is C12H17NO4S. The molecule has 6 heteroatoms. The number of hydrogen-bond donors (Lipinski definition) is 1. The number of ether oxygens (including phenoxy) is 2. The third-order valence-corrected chi connectivity index (χ3v) is 2.63. The molecule has 0 unspecified atom stereocenters. The van der Waals surface area contributed by atoms with Gasteiger partial charge in [-0.2, -0.15) is 0 Å². The molecule has 1 heterocycles. The highest BCUT2D eigenvalue weighted by atomic mass is 32.1. The molecular weight excluding hydrogens is 254 g/mol. The second-order valence-corrected chi connectivity index (χ2v) is 5.46. The molecule has 0 radical (unpaired) electrons. The lowest BCUT2D eigenvalue weighted by atomic mass is 10.2. The highest BCUT2D eigenvalue weighted by molar-refractivity contribution is 7.12. The zero-order valence-corrected chi connectivity index (χ0v) is 11.7. The molecule has 1 N–H and O–H groups in total. The number of anilines is 1. The molecule has 0 bridgehead atoms. The van der Waals surface area contributed by atoms with E-state index in [0.29, 0.717) is 17.2 Å². The van der Waals surface area contributed by atoms with E-state index in [1.807, 2.05) is 0 Å². The number of hydrogen-bond acceptors (Lipinski definition) is 5. The molecule has 1 amide bonds. The molecule has 5 nitrogen and oxygen atoms in total. The first kappa shape index (κ1) is 14.5. The molecule has 0 aliphatic heterocycles. The van der Waals surface area contributed by atoms with E-state index in [9.17, 15) is 9.59 Å². The van der Waals surface area contributed by atoms with Gasteiger partial charge in [0.1, 0.15) is 10.5 Å². The zero-order valence-electron chi connectivity index (χ0n) is 10.9. The van der Waals surface area contributed by atoms with Gasteiger partial charge in [0.2, 0.25) is 0 Å². The van der Waals surface area contributed by atoms with E-state index in [0.717, 1.165) is 0 Å². The molecule has 0 aromatic carbocycles. The van der Waals surface area contributed by atoms with E-state index >= 15 is 0 Å². The standard InChI is InChI=1S/C12H17NO4S/c1-5-16-10(14)9-6-8(7-18-9)13-11(15)17-12(2,3)4/h6-7H,5H2,1-4H3,(H,13,15). The van der Waals surface area contributed by atoms with Crippen molar-refractivity contribution in [1.29, 1.82) is 0 Å². The number of nitrogens with one attached hydrogen (secondary N) is 1. The van der Waals surface area contributed by atoms with Crippen molar-refractivity contribution in [2.75, 3.05) is 11.9 Å². The fourth-order valence-electron chi connectivity index (χ4n) is 1.13. The van der Waals surface area contributed by atoms with Gasteiger partial charge < -0.3 is 9.47 Å². The van der Waals surface area contributed by atoms with Crippen LogP contribution in [0.4, 0.5) is 10.5 Å². The van der Waals surface area contributed by atoms with Crippen molar-refractivity contribution in [3.05, 3.63) is 16.3 Å². The third-order valence-electron chi connectivity index (χ3n) is 1.72. The summed E-state index contributed by atoms with van der Waals surface area (Å²) in [5.41, 5.74) is -0.0262. The van der Waals surface area contributed by atoms with Gasteiger partial charge in [0.05, 0.1) is 12.3 Å². The van der Waals surface area contributed by atoms with Crippen molar-refractivity contribution in [3.8, 4) is 0 Å². The Bertz CT molecular complexity index is 434. The number of rotatable bonds is 3. The van der Waals surface area contributed by atoms with Gasteiger partial charge in [-0.05, 0) is 33.8 Å². The SMILES string of the molecule is CCOC(=O)c1cc(NC(=O)OC(C)(C)C)cs1. The topological polar surface area (TPSA) is 64.6 Å². The molecule has 18 heavy (non-hydrogen) atoms.